The SMILES string of the molecule is COc1ccc(Cl)cc1Nc1ccc(NC(=O)c2ccc3c(c2)OCO3)nc1. The van der Waals surface area contributed by atoms with E-state index in [4.69, 9.17) is 25.8 Å². The van der Waals surface area contributed by atoms with Crippen molar-refractivity contribution >= 4 is 34.7 Å². The topological polar surface area (TPSA) is 81.7 Å². The predicted octanol–water partition coefficient (Wildman–Crippen LogP) is 4.47. The van der Waals surface area contributed by atoms with Crippen molar-refractivity contribution in [2.24, 2.45) is 0 Å². The van der Waals surface area contributed by atoms with E-state index in [0.717, 1.165) is 5.69 Å². The minimum Gasteiger partial charge on any atom is -0.495 e. The molecule has 1 aliphatic heterocycles. The van der Waals surface area contributed by atoms with Gasteiger partial charge in [0, 0.05) is 10.6 Å². The van der Waals surface area contributed by atoms with Crippen LogP contribution in [0.3, 0.4) is 0 Å². The second kappa shape index (κ2) is 7.66. The highest BCUT2D eigenvalue weighted by Gasteiger charge is 2.16. The van der Waals surface area contributed by atoms with Gasteiger partial charge in [0.15, 0.2) is 11.5 Å². The van der Waals surface area contributed by atoms with Crippen LogP contribution >= 0.6 is 11.6 Å². The molecule has 0 fully saturated rings. The molecule has 0 aliphatic carbocycles. The Morgan fingerprint density at radius 2 is 1.96 bits per heavy atom. The molecular weight excluding hydrogens is 382 g/mol. The third-order valence-electron chi connectivity index (χ3n) is 4.08. The molecule has 0 unspecified atom stereocenters. The molecule has 0 atom stereocenters. The van der Waals surface area contributed by atoms with Crippen LogP contribution < -0.4 is 24.8 Å². The maximum Gasteiger partial charge on any atom is 0.256 e. The second-order valence-corrected chi connectivity index (χ2v) is 6.36. The van der Waals surface area contributed by atoms with Crippen LogP contribution in [0, 0.1) is 0 Å². The third kappa shape index (κ3) is 3.79. The van der Waals surface area contributed by atoms with E-state index in [1.54, 1.807) is 61.8 Å². The first-order chi connectivity index (χ1) is 13.6. The minimum absolute atomic E-state index is 0.161. The molecule has 0 saturated heterocycles. The van der Waals surface area contributed by atoms with Crippen LogP contribution in [0.15, 0.2) is 54.7 Å². The molecule has 4 rings (SSSR count). The average molecular weight is 398 g/mol. The van der Waals surface area contributed by atoms with E-state index in [-0.39, 0.29) is 12.7 Å². The lowest BCUT2D eigenvalue weighted by molar-refractivity contribution is 0.102. The summed E-state index contributed by atoms with van der Waals surface area (Å²) >= 11 is 6.04. The number of nitrogens with zero attached hydrogens (tertiary/aromatic N) is 1. The zero-order valence-corrected chi connectivity index (χ0v) is 15.6. The van der Waals surface area contributed by atoms with E-state index in [1.165, 1.54) is 0 Å². The fourth-order valence-electron chi connectivity index (χ4n) is 2.70. The summed E-state index contributed by atoms with van der Waals surface area (Å²) in [6, 6.07) is 13.8. The summed E-state index contributed by atoms with van der Waals surface area (Å²) < 4.78 is 15.9. The molecule has 3 aromatic rings. The number of hydrogen-bond donors (Lipinski definition) is 2. The van der Waals surface area contributed by atoms with E-state index in [0.29, 0.717) is 39.3 Å². The summed E-state index contributed by atoms with van der Waals surface area (Å²) in [6.45, 7) is 0.161. The smallest absolute Gasteiger partial charge is 0.256 e. The lowest BCUT2D eigenvalue weighted by Gasteiger charge is -2.12. The number of carbonyl (C=O) groups is 1. The van der Waals surface area contributed by atoms with Gasteiger partial charge >= 0.3 is 0 Å². The third-order valence-corrected chi connectivity index (χ3v) is 4.32. The minimum atomic E-state index is -0.289. The molecule has 28 heavy (non-hydrogen) atoms. The van der Waals surface area contributed by atoms with Crippen molar-refractivity contribution in [2.75, 3.05) is 24.5 Å². The number of benzene rings is 2. The first-order valence-corrected chi connectivity index (χ1v) is 8.78. The molecule has 2 heterocycles. The van der Waals surface area contributed by atoms with Crippen LogP contribution in [-0.2, 0) is 0 Å². The van der Waals surface area contributed by atoms with Crippen LogP contribution in [0.2, 0.25) is 5.02 Å². The van der Waals surface area contributed by atoms with Crippen molar-refractivity contribution in [2.45, 2.75) is 0 Å². The first-order valence-electron chi connectivity index (χ1n) is 8.40. The van der Waals surface area contributed by atoms with E-state index in [9.17, 15) is 4.79 Å². The normalized spacial score (nSPS) is 11.8. The molecule has 2 aromatic carbocycles. The van der Waals surface area contributed by atoms with E-state index in [1.807, 2.05) is 0 Å². The monoisotopic (exact) mass is 397 g/mol. The van der Waals surface area contributed by atoms with Gasteiger partial charge in [-0.15, -0.1) is 0 Å². The van der Waals surface area contributed by atoms with Crippen molar-refractivity contribution in [1.82, 2.24) is 4.98 Å². The molecule has 142 valence electrons. The summed E-state index contributed by atoms with van der Waals surface area (Å²) in [6.07, 6.45) is 1.61. The quantitative estimate of drug-likeness (QED) is 0.661. The first kappa shape index (κ1) is 17.9. The van der Waals surface area contributed by atoms with Gasteiger partial charge in [-0.25, -0.2) is 4.98 Å². The molecule has 0 bridgehead atoms. The van der Waals surface area contributed by atoms with Gasteiger partial charge in [-0.3, -0.25) is 4.79 Å². The van der Waals surface area contributed by atoms with Crippen LogP contribution in [0.5, 0.6) is 17.2 Å². The number of rotatable bonds is 5. The van der Waals surface area contributed by atoms with Gasteiger partial charge in [0.1, 0.15) is 11.6 Å². The second-order valence-electron chi connectivity index (χ2n) is 5.92. The molecule has 1 aromatic heterocycles. The number of ether oxygens (including phenoxy) is 3. The lowest BCUT2D eigenvalue weighted by atomic mass is 10.2. The molecule has 1 amide bonds. The summed E-state index contributed by atoms with van der Waals surface area (Å²) in [5.74, 6) is 1.97. The Balaban J connectivity index is 1.45. The largest absolute Gasteiger partial charge is 0.495 e. The Morgan fingerprint density at radius 1 is 1.11 bits per heavy atom. The number of pyridine rings is 1. The van der Waals surface area contributed by atoms with Gasteiger partial charge in [0.2, 0.25) is 6.79 Å². The standard InChI is InChI=1S/C20H16ClN3O4/c1-26-16-6-3-13(21)9-15(16)23-14-4-7-19(22-10-14)24-20(25)12-2-5-17-18(8-12)28-11-27-17/h2-10,23H,11H2,1H3,(H,22,24,25). The number of hydrogen-bond acceptors (Lipinski definition) is 6. The van der Waals surface area contributed by atoms with Crippen LogP contribution in [0.1, 0.15) is 10.4 Å². The predicted molar refractivity (Wildman–Crippen MR) is 106 cm³/mol. The highest BCUT2D eigenvalue weighted by molar-refractivity contribution is 6.31. The Labute approximate surface area is 166 Å². The fourth-order valence-corrected chi connectivity index (χ4v) is 2.87. The Kier molecular flexibility index (Phi) is 4.90. The summed E-state index contributed by atoms with van der Waals surface area (Å²) in [5, 5.41) is 6.53. The average Bonchev–Trinajstić information content (AvgIpc) is 3.17. The molecule has 8 heteroatoms. The van der Waals surface area contributed by atoms with Crippen LogP contribution in [0.4, 0.5) is 17.2 Å². The van der Waals surface area contributed by atoms with Crippen molar-refractivity contribution < 1.29 is 19.0 Å². The number of aromatic nitrogens is 1. The molecule has 2 N–H and O–H groups in total. The molecule has 7 nitrogen and oxygen atoms in total. The zero-order chi connectivity index (χ0) is 19.5. The van der Waals surface area contributed by atoms with E-state index >= 15 is 0 Å². The number of halogens is 1. The van der Waals surface area contributed by atoms with Gasteiger partial charge in [0.05, 0.1) is 24.7 Å². The molecule has 1 aliphatic rings. The van der Waals surface area contributed by atoms with Crippen molar-refractivity contribution in [1.29, 1.82) is 0 Å². The zero-order valence-electron chi connectivity index (χ0n) is 14.9. The Bertz CT molecular complexity index is 1020. The highest BCUT2D eigenvalue weighted by Crippen LogP contribution is 2.33. The van der Waals surface area contributed by atoms with Gasteiger partial charge in [-0.05, 0) is 48.5 Å². The number of carbonyl (C=O) groups excluding carboxylic acids is 1. The van der Waals surface area contributed by atoms with E-state index in [2.05, 4.69) is 15.6 Å². The maximum atomic E-state index is 12.4. The van der Waals surface area contributed by atoms with Crippen molar-refractivity contribution in [3.05, 3.63) is 65.3 Å². The molecular formula is C20H16ClN3O4. The molecule has 0 spiro atoms. The fraction of sp³-hybridized carbons (Fsp3) is 0.100. The summed E-state index contributed by atoms with van der Waals surface area (Å²) in [4.78, 5) is 16.7. The summed E-state index contributed by atoms with van der Waals surface area (Å²) in [5.41, 5.74) is 1.90. The number of amides is 1. The maximum absolute atomic E-state index is 12.4. The number of nitrogens with one attached hydrogen (secondary N) is 2. The van der Waals surface area contributed by atoms with Crippen molar-refractivity contribution in [3.63, 3.8) is 0 Å². The van der Waals surface area contributed by atoms with Gasteiger partial charge in [-0.2, -0.15) is 0 Å². The number of methoxy groups -OCH3 is 1. The van der Waals surface area contributed by atoms with Crippen molar-refractivity contribution in [3.8, 4) is 17.2 Å². The van der Waals surface area contributed by atoms with Gasteiger partial charge in [0.25, 0.3) is 5.91 Å². The highest BCUT2D eigenvalue weighted by atomic mass is 35.5. The molecule has 0 radical (unpaired) electrons. The van der Waals surface area contributed by atoms with E-state index < -0.39 is 0 Å². The number of fused-ring (bicyclic) bond motifs is 1. The van der Waals surface area contributed by atoms with Gasteiger partial charge in [-0.1, -0.05) is 11.6 Å². The summed E-state index contributed by atoms with van der Waals surface area (Å²) in [7, 11) is 1.58. The Morgan fingerprint density at radius 3 is 2.75 bits per heavy atom. The van der Waals surface area contributed by atoms with Crippen LogP contribution in [0.25, 0.3) is 0 Å². The Hall–Kier alpha value is -3.45. The lowest BCUT2D eigenvalue weighted by Crippen LogP contribution is -2.12. The number of anilines is 3. The van der Waals surface area contributed by atoms with Crippen LogP contribution in [-0.4, -0.2) is 24.8 Å². The van der Waals surface area contributed by atoms with Gasteiger partial charge < -0.3 is 24.8 Å². The molecule has 0 saturated carbocycles.